The highest BCUT2D eigenvalue weighted by Crippen LogP contribution is 2.39. The van der Waals surface area contributed by atoms with Crippen LogP contribution in [0, 0.1) is 5.92 Å². The van der Waals surface area contributed by atoms with Crippen LogP contribution in [0.1, 0.15) is 46.1 Å². The van der Waals surface area contributed by atoms with Gasteiger partial charge in [0.05, 0.1) is 0 Å². The monoisotopic (exact) mass is 416 g/mol. The molecule has 1 aliphatic rings. The van der Waals surface area contributed by atoms with E-state index in [1.165, 1.54) is 12.8 Å². The van der Waals surface area contributed by atoms with E-state index in [1.54, 1.807) is 0 Å². The maximum absolute atomic E-state index is 11.9. The average Bonchev–Trinajstić information content (AvgIpc) is 3.29. The van der Waals surface area contributed by atoms with Crippen molar-refractivity contribution in [3.63, 3.8) is 0 Å². The largest absolute Gasteiger partial charge is 0.444 e. The number of carbonyl (C=O) groups excluding carboxylic acids is 1. The normalized spacial score (nSPS) is 17.2. The Bertz CT molecular complexity index is 599. The van der Waals surface area contributed by atoms with Crippen molar-refractivity contribution in [2.45, 2.75) is 58.2 Å². The molecule has 0 bridgehead atoms. The summed E-state index contributed by atoms with van der Waals surface area (Å²) in [6.07, 6.45) is 1.97. The number of amides is 1. The number of halogens is 2. The van der Waals surface area contributed by atoms with Crippen LogP contribution in [-0.2, 0) is 11.3 Å². The van der Waals surface area contributed by atoms with Crippen LogP contribution in [0.15, 0.2) is 22.7 Å². The lowest BCUT2D eigenvalue weighted by molar-refractivity contribution is 0.0507. The van der Waals surface area contributed by atoms with Gasteiger partial charge in [-0.2, -0.15) is 0 Å². The molecule has 6 heteroatoms. The summed E-state index contributed by atoms with van der Waals surface area (Å²) in [7, 11) is 0. The smallest absolute Gasteiger partial charge is 0.407 e. The van der Waals surface area contributed by atoms with Gasteiger partial charge in [0.15, 0.2) is 0 Å². The van der Waals surface area contributed by atoms with E-state index in [4.69, 9.17) is 16.3 Å². The van der Waals surface area contributed by atoms with Crippen LogP contribution >= 0.6 is 27.5 Å². The van der Waals surface area contributed by atoms with Gasteiger partial charge in [-0.05, 0) is 70.2 Å². The van der Waals surface area contributed by atoms with Crippen LogP contribution in [0.4, 0.5) is 4.79 Å². The third-order valence-corrected chi connectivity index (χ3v) is 5.03. The summed E-state index contributed by atoms with van der Waals surface area (Å²) in [5, 5.41) is 7.22. The Morgan fingerprint density at radius 2 is 2.00 bits per heavy atom. The highest BCUT2D eigenvalue weighted by atomic mass is 79.9. The van der Waals surface area contributed by atoms with Crippen molar-refractivity contribution >= 4 is 33.6 Å². The van der Waals surface area contributed by atoms with Crippen molar-refractivity contribution < 1.29 is 9.53 Å². The average molecular weight is 418 g/mol. The second kappa shape index (κ2) is 7.63. The number of rotatable bonds is 6. The van der Waals surface area contributed by atoms with E-state index in [1.807, 2.05) is 39.0 Å². The molecule has 1 saturated carbocycles. The third-order valence-electron chi connectivity index (χ3n) is 4.17. The molecular formula is C18H26BrClN2O2. The van der Waals surface area contributed by atoms with Gasteiger partial charge in [-0.15, -0.1) is 0 Å². The van der Waals surface area contributed by atoms with Crippen LogP contribution < -0.4 is 10.6 Å². The molecule has 0 radical (unpaired) electrons. The highest BCUT2D eigenvalue weighted by Gasteiger charge is 2.41. The Hall–Kier alpha value is -0.780. The van der Waals surface area contributed by atoms with Gasteiger partial charge in [0.1, 0.15) is 5.60 Å². The molecule has 1 aromatic rings. The second-order valence-corrected chi connectivity index (χ2v) is 8.96. The van der Waals surface area contributed by atoms with Crippen LogP contribution in [0.25, 0.3) is 0 Å². The van der Waals surface area contributed by atoms with E-state index in [-0.39, 0.29) is 11.6 Å². The van der Waals surface area contributed by atoms with Gasteiger partial charge >= 0.3 is 6.09 Å². The molecule has 0 heterocycles. The minimum Gasteiger partial charge on any atom is -0.444 e. The zero-order valence-electron chi connectivity index (χ0n) is 14.7. The number of alkyl carbamates (subject to hydrolysis) is 1. The van der Waals surface area contributed by atoms with Gasteiger partial charge < -0.3 is 15.4 Å². The summed E-state index contributed by atoms with van der Waals surface area (Å²) in [4.78, 5) is 11.9. The standard InChI is InChI=1S/C18H26BrClN2O2/c1-17(2,3)24-16(23)21-11-18(4,13-5-6-13)22-10-12-9-14(19)7-8-15(12)20/h7-9,13,22H,5-6,10-11H2,1-4H3,(H,21,23). The minimum atomic E-state index is -0.489. The lowest BCUT2D eigenvalue weighted by atomic mass is 9.95. The number of carbonyl (C=O) groups is 1. The molecule has 1 amide bonds. The van der Waals surface area contributed by atoms with Gasteiger partial charge in [0.25, 0.3) is 0 Å². The topological polar surface area (TPSA) is 50.4 Å². The van der Waals surface area contributed by atoms with Crippen molar-refractivity contribution in [1.82, 2.24) is 10.6 Å². The van der Waals surface area contributed by atoms with Crippen molar-refractivity contribution in [1.29, 1.82) is 0 Å². The molecule has 24 heavy (non-hydrogen) atoms. The Balaban J connectivity index is 1.95. The van der Waals surface area contributed by atoms with Gasteiger partial charge in [0, 0.05) is 28.1 Å². The number of benzene rings is 1. The molecule has 1 fully saturated rings. The van der Waals surface area contributed by atoms with E-state index in [0.29, 0.717) is 19.0 Å². The van der Waals surface area contributed by atoms with Gasteiger partial charge in [-0.3, -0.25) is 0 Å². The van der Waals surface area contributed by atoms with E-state index < -0.39 is 5.60 Å². The third kappa shape index (κ3) is 5.94. The predicted octanol–water partition coefficient (Wildman–Crippen LogP) is 4.89. The minimum absolute atomic E-state index is 0.178. The molecule has 1 aliphatic carbocycles. The number of ether oxygens (including phenoxy) is 1. The fraction of sp³-hybridized carbons (Fsp3) is 0.611. The van der Waals surface area contributed by atoms with E-state index in [0.717, 1.165) is 15.1 Å². The molecule has 0 aliphatic heterocycles. The van der Waals surface area contributed by atoms with Crippen LogP contribution in [-0.4, -0.2) is 23.8 Å². The zero-order chi connectivity index (χ0) is 18.0. The Kier molecular flexibility index (Phi) is 6.21. The van der Waals surface area contributed by atoms with Crippen LogP contribution in [0.5, 0.6) is 0 Å². The van der Waals surface area contributed by atoms with E-state index in [9.17, 15) is 4.79 Å². The van der Waals surface area contributed by atoms with Crippen molar-refractivity contribution in [2.75, 3.05) is 6.54 Å². The fourth-order valence-corrected chi connectivity index (χ4v) is 3.21. The highest BCUT2D eigenvalue weighted by molar-refractivity contribution is 9.10. The first-order valence-corrected chi connectivity index (χ1v) is 9.42. The van der Waals surface area contributed by atoms with E-state index in [2.05, 4.69) is 33.5 Å². The summed E-state index contributed by atoms with van der Waals surface area (Å²) < 4.78 is 6.33. The molecular weight excluding hydrogens is 392 g/mol. The molecule has 2 N–H and O–H groups in total. The van der Waals surface area contributed by atoms with Crippen molar-refractivity contribution in [3.8, 4) is 0 Å². The lowest BCUT2D eigenvalue weighted by Crippen LogP contribution is -2.53. The molecule has 1 atom stereocenters. The second-order valence-electron chi connectivity index (χ2n) is 7.64. The summed E-state index contributed by atoms with van der Waals surface area (Å²) >= 11 is 9.75. The molecule has 0 aromatic heterocycles. The van der Waals surface area contributed by atoms with Crippen LogP contribution in [0.2, 0.25) is 5.02 Å². The summed E-state index contributed by atoms with van der Waals surface area (Å²) in [6.45, 7) is 8.91. The molecule has 4 nitrogen and oxygen atoms in total. The maximum Gasteiger partial charge on any atom is 0.407 e. The first kappa shape index (κ1) is 19.5. The quantitative estimate of drug-likeness (QED) is 0.693. The molecule has 0 saturated heterocycles. The SMILES string of the molecule is CC(C)(C)OC(=O)NCC(C)(NCc1cc(Br)ccc1Cl)C1CC1. The summed E-state index contributed by atoms with van der Waals surface area (Å²) in [6, 6.07) is 5.83. The number of hydrogen-bond acceptors (Lipinski definition) is 3. The fourth-order valence-electron chi connectivity index (χ4n) is 2.62. The molecule has 1 aromatic carbocycles. The first-order chi connectivity index (χ1) is 11.1. The van der Waals surface area contributed by atoms with Gasteiger partial charge in [0.2, 0.25) is 0 Å². The predicted molar refractivity (Wildman–Crippen MR) is 101 cm³/mol. The van der Waals surface area contributed by atoms with Gasteiger partial charge in [-0.25, -0.2) is 4.79 Å². The van der Waals surface area contributed by atoms with Crippen LogP contribution in [0.3, 0.4) is 0 Å². The number of hydrogen-bond donors (Lipinski definition) is 2. The Morgan fingerprint density at radius 3 is 2.58 bits per heavy atom. The molecule has 1 unspecified atom stereocenters. The van der Waals surface area contributed by atoms with Crippen molar-refractivity contribution in [3.05, 3.63) is 33.3 Å². The summed E-state index contributed by atoms with van der Waals surface area (Å²) in [5.41, 5.74) is 0.370. The Morgan fingerprint density at radius 1 is 1.33 bits per heavy atom. The Labute approximate surface area is 157 Å². The van der Waals surface area contributed by atoms with Gasteiger partial charge in [-0.1, -0.05) is 27.5 Å². The summed E-state index contributed by atoms with van der Waals surface area (Å²) in [5.74, 6) is 0.554. The molecule has 0 spiro atoms. The first-order valence-electron chi connectivity index (χ1n) is 8.25. The number of nitrogens with one attached hydrogen (secondary N) is 2. The molecule has 134 valence electrons. The zero-order valence-corrected chi connectivity index (χ0v) is 17.1. The van der Waals surface area contributed by atoms with Crippen molar-refractivity contribution in [2.24, 2.45) is 5.92 Å². The maximum atomic E-state index is 11.9. The lowest BCUT2D eigenvalue weighted by Gasteiger charge is -2.32. The molecule has 2 rings (SSSR count). The van der Waals surface area contributed by atoms with E-state index >= 15 is 0 Å².